The number of oxazole rings is 1. The van der Waals surface area contributed by atoms with Crippen LogP contribution in [-0.2, 0) is 12.3 Å². The summed E-state index contributed by atoms with van der Waals surface area (Å²) in [6, 6.07) is 13.9. The van der Waals surface area contributed by atoms with Gasteiger partial charge in [-0.25, -0.2) is 4.98 Å². The van der Waals surface area contributed by atoms with Crippen molar-refractivity contribution in [2.24, 2.45) is 0 Å². The number of hydrogen-bond donors (Lipinski definition) is 0. The molecular formula is C22H21ClN4OS. The summed E-state index contributed by atoms with van der Waals surface area (Å²) in [5.41, 5.74) is 5.23. The van der Waals surface area contributed by atoms with Crippen LogP contribution in [0.5, 0.6) is 0 Å². The molecule has 0 radical (unpaired) electrons. The van der Waals surface area contributed by atoms with Crippen molar-refractivity contribution in [1.82, 2.24) is 19.7 Å². The van der Waals surface area contributed by atoms with Gasteiger partial charge in [0.25, 0.3) is 0 Å². The van der Waals surface area contributed by atoms with Crippen LogP contribution in [0.3, 0.4) is 0 Å². The highest BCUT2D eigenvalue weighted by atomic mass is 35.5. The highest BCUT2D eigenvalue weighted by molar-refractivity contribution is 7.98. The molecule has 2 heterocycles. The maximum atomic E-state index is 6.13. The summed E-state index contributed by atoms with van der Waals surface area (Å²) >= 11 is 7.72. The summed E-state index contributed by atoms with van der Waals surface area (Å²) < 4.78 is 7.81. The van der Waals surface area contributed by atoms with Crippen molar-refractivity contribution in [1.29, 1.82) is 0 Å². The lowest BCUT2D eigenvalue weighted by Crippen LogP contribution is -2.00. The molecule has 29 heavy (non-hydrogen) atoms. The van der Waals surface area contributed by atoms with Crippen molar-refractivity contribution in [3.05, 3.63) is 70.6 Å². The molecule has 4 aromatic rings. The minimum Gasteiger partial charge on any atom is -0.444 e. The quantitative estimate of drug-likeness (QED) is 0.346. The van der Waals surface area contributed by atoms with Crippen molar-refractivity contribution >= 4 is 23.4 Å². The molecule has 0 bridgehead atoms. The lowest BCUT2D eigenvalue weighted by molar-refractivity contribution is 0.573. The number of nitrogens with zero attached hydrogens (tertiary/aromatic N) is 4. The summed E-state index contributed by atoms with van der Waals surface area (Å²) in [6.45, 7) is 7.00. The zero-order chi connectivity index (χ0) is 20.4. The molecule has 0 unspecified atom stereocenters. The molecule has 4 rings (SSSR count). The SMILES string of the molecule is CCn1c(SCc2coc(-c3ccc(C)cc3C)n2)nnc1-c1cccc(Cl)c1. The van der Waals surface area contributed by atoms with Crippen LogP contribution < -0.4 is 0 Å². The summed E-state index contributed by atoms with van der Waals surface area (Å²) in [6.07, 6.45) is 1.71. The fourth-order valence-electron chi connectivity index (χ4n) is 3.21. The van der Waals surface area contributed by atoms with Crippen molar-refractivity contribution < 1.29 is 4.42 Å². The molecular weight excluding hydrogens is 404 g/mol. The predicted octanol–water partition coefficient (Wildman–Crippen LogP) is 6.18. The average Bonchev–Trinajstić information content (AvgIpc) is 3.33. The number of halogens is 1. The molecule has 148 valence electrons. The standard InChI is InChI=1S/C22H21ClN4OS/c1-4-27-20(16-6-5-7-17(23)11-16)25-26-22(27)29-13-18-12-28-21(24-18)19-9-8-14(2)10-15(19)3/h5-12H,4,13H2,1-3H3. The number of aromatic nitrogens is 4. The Morgan fingerprint density at radius 3 is 2.72 bits per heavy atom. The van der Waals surface area contributed by atoms with Crippen LogP contribution in [0.25, 0.3) is 22.8 Å². The Hall–Kier alpha value is -2.57. The Balaban J connectivity index is 1.52. The van der Waals surface area contributed by atoms with Gasteiger partial charge in [0.15, 0.2) is 11.0 Å². The van der Waals surface area contributed by atoms with E-state index in [-0.39, 0.29) is 0 Å². The van der Waals surface area contributed by atoms with E-state index >= 15 is 0 Å². The molecule has 0 saturated heterocycles. The van der Waals surface area contributed by atoms with Gasteiger partial charge < -0.3 is 8.98 Å². The fourth-order valence-corrected chi connectivity index (χ4v) is 4.28. The minimum absolute atomic E-state index is 0.648. The molecule has 0 fully saturated rings. The van der Waals surface area contributed by atoms with Crippen molar-refractivity contribution in [3.63, 3.8) is 0 Å². The van der Waals surface area contributed by atoms with E-state index in [1.54, 1.807) is 18.0 Å². The molecule has 7 heteroatoms. The second-order valence-electron chi connectivity index (χ2n) is 6.81. The maximum Gasteiger partial charge on any atom is 0.226 e. The van der Waals surface area contributed by atoms with Crippen LogP contribution in [0.4, 0.5) is 0 Å². The Bertz CT molecular complexity index is 1150. The third kappa shape index (κ3) is 4.23. The van der Waals surface area contributed by atoms with E-state index in [4.69, 9.17) is 16.0 Å². The van der Waals surface area contributed by atoms with E-state index in [0.717, 1.165) is 39.9 Å². The van der Waals surface area contributed by atoms with E-state index in [1.165, 1.54) is 5.56 Å². The lowest BCUT2D eigenvalue weighted by atomic mass is 10.1. The topological polar surface area (TPSA) is 56.7 Å². The number of hydrogen-bond acceptors (Lipinski definition) is 5. The number of rotatable bonds is 6. The van der Waals surface area contributed by atoms with Crippen molar-refractivity contribution in [2.75, 3.05) is 0 Å². The van der Waals surface area contributed by atoms with Gasteiger partial charge in [-0.15, -0.1) is 10.2 Å². The number of aryl methyl sites for hydroxylation is 2. The molecule has 2 aromatic carbocycles. The van der Waals surface area contributed by atoms with Crippen LogP contribution in [-0.4, -0.2) is 19.7 Å². The molecule has 0 saturated carbocycles. The summed E-state index contributed by atoms with van der Waals surface area (Å²) in [4.78, 5) is 4.66. The normalized spacial score (nSPS) is 11.2. The van der Waals surface area contributed by atoms with E-state index in [2.05, 4.69) is 58.7 Å². The first-order valence-corrected chi connectivity index (χ1v) is 10.8. The van der Waals surface area contributed by atoms with Gasteiger partial charge in [0, 0.05) is 28.4 Å². The van der Waals surface area contributed by atoms with Gasteiger partial charge in [0.05, 0.1) is 5.69 Å². The van der Waals surface area contributed by atoms with Crippen molar-refractivity contribution in [3.8, 4) is 22.8 Å². The Labute approximate surface area is 179 Å². The van der Waals surface area contributed by atoms with Gasteiger partial charge in [-0.1, -0.05) is 53.2 Å². The van der Waals surface area contributed by atoms with Crippen LogP contribution in [0.1, 0.15) is 23.7 Å². The highest BCUT2D eigenvalue weighted by Gasteiger charge is 2.15. The van der Waals surface area contributed by atoms with Crippen LogP contribution in [0, 0.1) is 13.8 Å². The van der Waals surface area contributed by atoms with Gasteiger partial charge in [0.1, 0.15) is 6.26 Å². The molecule has 0 aliphatic carbocycles. The smallest absolute Gasteiger partial charge is 0.226 e. The zero-order valence-electron chi connectivity index (χ0n) is 16.5. The van der Waals surface area contributed by atoms with Gasteiger partial charge in [-0.2, -0.15) is 0 Å². The summed E-state index contributed by atoms with van der Waals surface area (Å²) in [5.74, 6) is 2.12. The molecule has 0 amide bonds. The highest BCUT2D eigenvalue weighted by Crippen LogP contribution is 2.29. The molecule has 0 atom stereocenters. The van der Waals surface area contributed by atoms with Gasteiger partial charge >= 0.3 is 0 Å². The zero-order valence-corrected chi connectivity index (χ0v) is 18.1. The Morgan fingerprint density at radius 2 is 1.97 bits per heavy atom. The van der Waals surface area contributed by atoms with Gasteiger partial charge in [0.2, 0.25) is 5.89 Å². The monoisotopic (exact) mass is 424 g/mol. The molecule has 0 N–H and O–H groups in total. The largest absolute Gasteiger partial charge is 0.444 e. The lowest BCUT2D eigenvalue weighted by Gasteiger charge is -2.07. The second-order valence-corrected chi connectivity index (χ2v) is 8.19. The third-order valence-electron chi connectivity index (χ3n) is 4.63. The summed E-state index contributed by atoms with van der Waals surface area (Å²) in [7, 11) is 0. The van der Waals surface area contributed by atoms with Gasteiger partial charge in [-0.3, -0.25) is 0 Å². The van der Waals surface area contributed by atoms with Crippen LogP contribution in [0.15, 0.2) is 58.3 Å². The molecule has 0 aliphatic heterocycles. The van der Waals surface area contributed by atoms with Crippen LogP contribution >= 0.6 is 23.4 Å². The number of benzene rings is 2. The number of thioether (sulfide) groups is 1. The predicted molar refractivity (Wildman–Crippen MR) is 117 cm³/mol. The molecule has 2 aromatic heterocycles. The van der Waals surface area contributed by atoms with Crippen LogP contribution in [0.2, 0.25) is 5.02 Å². The third-order valence-corrected chi connectivity index (χ3v) is 5.86. The first-order chi connectivity index (χ1) is 14.0. The van der Waals surface area contributed by atoms with E-state index in [1.807, 2.05) is 24.3 Å². The van der Waals surface area contributed by atoms with Gasteiger partial charge in [-0.05, 0) is 44.5 Å². The fraction of sp³-hybridized carbons (Fsp3) is 0.227. The van der Waals surface area contributed by atoms with Crippen molar-refractivity contribution in [2.45, 2.75) is 38.2 Å². The second kappa shape index (κ2) is 8.43. The molecule has 0 aliphatic rings. The Morgan fingerprint density at radius 1 is 1.10 bits per heavy atom. The summed E-state index contributed by atoms with van der Waals surface area (Å²) in [5, 5.41) is 10.3. The Kier molecular flexibility index (Phi) is 5.74. The first kappa shape index (κ1) is 19.7. The molecule has 0 spiro atoms. The first-order valence-electron chi connectivity index (χ1n) is 9.39. The minimum atomic E-state index is 0.648. The molecule has 5 nitrogen and oxygen atoms in total. The maximum absolute atomic E-state index is 6.13. The van der Waals surface area contributed by atoms with E-state index < -0.39 is 0 Å². The van der Waals surface area contributed by atoms with E-state index in [9.17, 15) is 0 Å². The van der Waals surface area contributed by atoms with E-state index in [0.29, 0.717) is 16.7 Å². The average molecular weight is 425 g/mol.